The minimum Gasteiger partial charge on any atom is -0.463 e. The summed E-state index contributed by atoms with van der Waals surface area (Å²) in [5.74, 6) is -1.19. The second kappa shape index (κ2) is 11.2. The van der Waals surface area contributed by atoms with E-state index in [1.54, 1.807) is 13.0 Å². The fourth-order valence-electron chi connectivity index (χ4n) is 2.91. The van der Waals surface area contributed by atoms with E-state index in [9.17, 15) is 14.7 Å². The van der Waals surface area contributed by atoms with Gasteiger partial charge in [-0.2, -0.15) is 0 Å². The standard InChI is InChI=1S/C23H28O5/c1-3-17-11-8-12-19(15-17)20(24)16-22(25)28-21(23(26)27-4-2)14-13-18-9-6-5-7-10-18/h5-12,15,20-21,24H,3-4,13-14,16H2,1-2H3/t20?,21-/m1/s1. The molecule has 0 spiro atoms. The van der Waals surface area contributed by atoms with E-state index in [0.717, 1.165) is 17.5 Å². The van der Waals surface area contributed by atoms with Gasteiger partial charge in [-0.15, -0.1) is 0 Å². The highest BCUT2D eigenvalue weighted by Gasteiger charge is 2.25. The predicted molar refractivity (Wildman–Crippen MR) is 107 cm³/mol. The Bertz CT molecular complexity index is 757. The summed E-state index contributed by atoms with van der Waals surface area (Å²) in [6, 6.07) is 17.1. The maximum atomic E-state index is 12.3. The van der Waals surface area contributed by atoms with Gasteiger partial charge in [-0.3, -0.25) is 4.79 Å². The minimum atomic E-state index is -0.984. The molecule has 2 aromatic carbocycles. The van der Waals surface area contributed by atoms with Gasteiger partial charge in [0.15, 0.2) is 6.10 Å². The fourth-order valence-corrected chi connectivity index (χ4v) is 2.91. The summed E-state index contributed by atoms with van der Waals surface area (Å²) in [6.07, 6.45) is -0.420. The highest BCUT2D eigenvalue weighted by molar-refractivity contribution is 5.79. The number of hydrogen-bond acceptors (Lipinski definition) is 5. The van der Waals surface area contributed by atoms with Crippen LogP contribution in [0.1, 0.15) is 49.5 Å². The number of ether oxygens (including phenoxy) is 2. The molecule has 0 aliphatic heterocycles. The molecule has 0 fully saturated rings. The number of carbonyl (C=O) groups is 2. The Labute approximate surface area is 166 Å². The van der Waals surface area contributed by atoms with Crippen molar-refractivity contribution in [1.29, 1.82) is 0 Å². The molecule has 2 aromatic rings. The lowest BCUT2D eigenvalue weighted by molar-refractivity contribution is -0.169. The second-order valence-electron chi connectivity index (χ2n) is 6.57. The van der Waals surface area contributed by atoms with E-state index >= 15 is 0 Å². The molecule has 5 heteroatoms. The first-order valence-corrected chi connectivity index (χ1v) is 9.70. The van der Waals surface area contributed by atoms with Crippen molar-refractivity contribution in [3.05, 3.63) is 71.3 Å². The first kappa shape index (κ1) is 21.6. The maximum absolute atomic E-state index is 12.3. The summed E-state index contributed by atoms with van der Waals surface area (Å²) in [5, 5.41) is 10.4. The summed E-state index contributed by atoms with van der Waals surface area (Å²) < 4.78 is 10.4. The molecular weight excluding hydrogens is 356 g/mol. The molecule has 0 aliphatic carbocycles. The molecule has 0 aliphatic rings. The van der Waals surface area contributed by atoms with Crippen molar-refractivity contribution in [2.75, 3.05) is 6.61 Å². The van der Waals surface area contributed by atoms with Crippen LogP contribution in [0.3, 0.4) is 0 Å². The van der Waals surface area contributed by atoms with Gasteiger partial charge in [0.2, 0.25) is 0 Å². The first-order chi connectivity index (χ1) is 13.5. The number of esters is 2. The van der Waals surface area contributed by atoms with E-state index in [0.29, 0.717) is 18.4 Å². The van der Waals surface area contributed by atoms with Crippen molar-refractivity contribution < 1.29 is 24.2 Å². The molecule has 0 heterocycles. The maximum Gasteiger partial charge on any atom is 0.347 e. The predicted octanol–water partition coefficient (Wildman–Crippen LogP) is 3.78. The van der Waals surface area contributed by atoms with Gasteiger partial charge >= 0.3 is 11.9 Å². The number of benzene rings is 2. The number of aryl methyl sites for hydroxylation is 2. The molecule has 0 radical (unpaired) electrons. The first-order valence-electron chi connectivity index (χ1n) is 9.70. The number of hydrogen-bond donors (Lipinski definition) is 1. The number of rotatable bonds is 10. The SMILES string of the molecule is CCOC(=O)[C@@H](CCc1ccccc1)OC(=O)CC(O)c1cccc(CC)c1. The fraction of sp³-hybridized carbons (Fsp3) is 0.391. The molecule has 1 unspecified atom stereocenters. The number of aliphatic hydroxyl groups excluding tert-OH is 1. The van der Waals surface area contributed by atoms with Gasteiger partial charge in [0, 0.05) is 0 Å². The van der Waals surface area contributed by atoms with Crippen LogP contribution in [0, 0.1) is 0 Å². The van der Waals surface area contributed by atoms with Crippen LogP contribution in [0.5, 0.6) is 0 Å². The zero-order chi connectivity index (χ0) is 20.4. The minimum absolute atomic E-state index is 0.213. The molecule has 0 aromatic heterocycles. The molecule has 0 amide bonds. The van der Waals surface area contributed by atoms with Crippen LogP contribution in [0.2, 0.25) is 0 Å². The van der Waals surface area contributed by atoms with E-state index in [1.165, 1.54) is 0 Å². The van der Waals surface area contributed by atoms with Gasteiger partial charge in [0.05, 0.1) is 19.1 Å². The van der Waals surface area contributed by atoms with Gasteiger partial charge in [-0.25, -0.2) is 4.79 Å². The monoisotopic (exact) mass is 384 g/mol. The Kier molecular flexibility index (Phi) is 8.69. The normalized spacial score (nSPS) is 12.8. The van der Waals surface area contributed by atoms with Crippen LogP contribution in [0.15, 0.2) is 54.6 Å². The largest absolute Gasteiger partial charge is 0.463 e. The average Bonchev–Trinajstić information content (AvgIpc) is 2.72. The molecule has 0 saturated carbocycles. The quantitative estimate of drug-likeness (QED) is 0.631. The van der Waals surface area contributed by atoms with Gasteiger partial charge in [-0.1, -0.05) is 61.5 Å². The topological polar surface area (TPSA) is 72.8 Å². The van der Waals surface area contributed by atoms with Gasteiger partial charge < -0.3 is 14.6 Å². The lowest BCUT2D eigenvalue weighted by atomic mass is 10.0. The summed E-state index contributed by atoms with van der Waals surface area (Å²) in [5.41, 5.74) is 2.79. The van der Waals surface area contributed by atoms with E-state index in [2.05, 4.69) is 0 Å². The Morgan fingerprint density at radius 2 is 1.71 bits per heavy atom. The highest BCUT2D eigenvalue weighted by Crippen LogP contribution is 2.20. The second-order valence-corrected chi connectivity index (χ2v) is 6.57. The third-order valence-corrected chi connectivity index (χ3v) is 4.47. The Morgan fingerprint density at radius 3 is 2.39 bits per heavy atom. The van der Waals surface area contributed by atoms with Gasteiger partial charge in [0.1, 0.15) is 0 Å². The molecule has 28 heavy (non-hydrogen) atoms. The third-order valence-electron chi connectivity index (χ3n) is 4.47. The van der Waals surface area contributed by atoms with Crippen molar-refractivity contribution in [3.8, 4) is 0 Å². The third kappa shape index (κ3) is 6.82. The van der Waals surface area contributed by atoms with Crippen LogP contribution in [0.4, 0.5) is 0 Å². The van der Waals surface area contributed by atoms with Crippen molar-refractivity contribution >= 4 is 11.9 Å². The molecule has 0 bridgehead atoms. The molecule has 2 atom stereocenters. The van der Waals surface area contributed by atoms with Gasteiger partial charge in [-0.05, 0) is 42.9 Å². The number of aliphatic hydroxyl groups is 1. The average molecular weight is 384 g/mol. The lowest BCUT2D eigenvalue weighted by Crippen LogP contribution is -2.30. The molecular formula is C23H28O5. The highest BCUT2D eigenvalue weighted by atomic mass is 16.6. The van der Waals surface area contributed by atoms with E-state index in [1.807, 2.05) is 55.5 Å². The zero-order valence-electron chi connectivity index (χ0n) is 16.5. The van der Waals surface area contributed by atoms with Crippen LogP contribution < -0.4 is 0 Å². The van der Waals surface area contributed by atoms with E-state index in [-0.39, 0.29) is 13.0 Å². The van der Waals surface area contributed by atoms with Crippen molar-refractivity contribution in [1.82, 2.24) is 0 Å². The Hall–Kier alpha value is -2.66. The molecule has 5 nitrogen and oxygen atoms in total. The number of carbonyl (C=O) groups excluding carboxylic acids is 2. The van der Waals surface area contributed by atoms with Gasteiger partial charge in [0.25, 0.3) is 0 Å². The smallest absolute Gasteiger partial charge is 0.347 e. The summed E-state index contributed by atoms with van der Waals surface area (Å²) in [4.78, 5) is 24.5. The van der Waals surface area contributed by atoms with Crippen molar-refractivity contribution in [2.45, 2.75) is 51.7 Å². The lowest BCUT2D eigenvalue weighted by Gasteiger charge is -2.18. The van der Waals surface area contributed by atoms with E-state index in [4.69, 9.17) is 9.47 Å². The van der Waals surface area contributed by atoms with Crippen LogP contribution >= 0.6 is 0 Å². The van der Waals surface area contributed by atoms with Crippen LogP contribution in [-0.2, 0) is 31.9 Å². The van der Waals surface area contributed by atoms with Crippen LogP contribution in [0.25, 0.3) is 0 Å². The molecule has 0 saturated heterocycles. The molecule has 2 rings (SSSR count). The Balaban J connectivity index is 1.97. The summed E-state index contributed by atoms with van der Waals surface area (Å²) in [6.45, 7) is 3.94. The van der Waals surface area contributed by atoms with Crippen molar-refractivity contribution in [3.63, 3.8) is 0 Å². The summed E-state index contributed by atoms with van der Waals surface area (Å²) in [7, 11) is 0. The van der Waals surface area contributed by atoms with Crippen LogP contribution in [-0.4, -0.2) is 29.8 Å². The molecule has 150 valence electrons. The Morgan fingerprint density at radius 1 is 1.00 bits per heavy atom. The molecule has 1 N–H and O–H groups in total. The van der Waals surface area contributed by atoms with Crippen molar-refractivity contribution in [2.24, 2.45) is 0 Å². The zero-order valence-corrected chi connectivity index (χ0v) is 16.5. The summed E-state index contributed by atoms with van der Waals surface area (Å²) >= 11 is 0. The van der Waals surface area contributed by atoms with E-state index < -0.39 is 24.1 Å².